The minimum Gasteiger partial charge on any atom is -0.301 e. The number of anilines is 1. The number of hydrogen-bond acceptors (Lipinski definition) is 7. The largest absolute Gasteiger partial charge is 0.301 e. The normalized spacial score (nSPS) is 11.6. The highest BCUT2D eigenvalue weighted by atomic mass is 32.2. The van der Waals surface area contributed by atoms with E-state index in [-0.39, 0.29) is 29.6 Å². The number of aryl methyl sites for hydroxylation is 1. The first-order valence-corrected chi connectivity index (χ1v) is 10.7. The molecule has 0 spiro atoms. The van der Waals surface area contributed by atoms with Crippen molar-refractivity contribution in [2.45, 2.75) is 38.0 Å². The number of carbonyl (C=O) groups is 2. The fourth-order valence-electron chi connectivity index (χ4n) is 2.25. The van der Waals surface area contributed by atoms with Crippen molar-refractivity contribution in [3.8, 4) is 0 Å². The summed E-state index contributed by atoms with van der Waals surface area (Å²) in [7, 11) is -2.21. The zero-order chi connectivity index (χ0) is 20.0. The Morgan fingerprint density at radius 3 is 2.41 bits per heavy atom. The molecule has 0 saturated heterocycles. The third-order valence-electron chi connectivity index (χ3n) is 3.86. The molecule has 2 aromatic rings. The molecule has 10 heteroatoms. The summed E-state index contributed by atoms with van der Waals surface area (Å²) in [5, 5.41) is 11.8. The first-order valence-electron chi connectivity index (χ1n) is 8.43. The van der Waals surface area contributed by atoms with Crippen LogP contribution in [0.5, 0.6) is 0 Å². The van der Waals surface area contributed by atoms with Crippen LogP contribution in [0.4, 0.5) is 5.13 Å². The Kier molecular flexibility index (Phi) is 7.17. The Bertz CT molecular complexity index is 907. The molecule has 8 nitrogen and oxygen atoms in total. The number of Topliss-reactive ketones (excluding diaryl/α,β-unsaturated/α-hetero) is 1. The van der Waals surface area contributed by atoms with Crippen molar-refractivity contribution in [3.05, 3.63) is 34.8 Å². The van der Waals surface area contributed by atoms with Gasteiger partial charge in [0.15, 0.2) is 5.78 Å². The second-order valence-electron chi connectivity index (χ2n) is 5.91. The first kappa shape index (κ1) is 21.1. The van der Waals surface area contributed by atoms with Gasteiger partial charge in [-0.2, -0.15) is 0 Å². The number of amides is 1. The van der Waals surface area contributed by atoms with Crippen molar-refractivity contribution in [2.75, 3.05) is 18.9 Å². The van der Waals surface area contributed by atoms with Crippen molar-refractivity contribution in [2.24, 2.45) is 0 Å². The van der Waals surface area contributed by atoms with Gasteiger partial charge in [0.05, 0.1) is 4.90 Å². The second-order valence-corrected chi connectivity index (χ2v) is 9.02. The highest BCUT2D eigenvalue weighted by Crippen LogP contribution is 2.17. The highest BCUT2D eigenvalue weighted by molar-refractivity contribution is 7.89. The van der Waals surface area contributed by atoms with E-state index in [1.54, 1.807) is 0 Å². The average molecular weight is 411 g/mol. The van der Waals surface area contributed by atoms with Crippen molar-refractivity contribution in [1.82, 2.24) is 14.5 Å². The molecular formula is C17H22N4O4S2. The van der Waals surface area contributed by atoms with Gasteiger partial charge in [0.2, 0.25) is 21.1 Å². The van der Waals surface area contributed by atoms with Crippen LogP contribution in [0, 0.1) is 0 Å². The zero-order valence-electron chi connectivity index (χ0n) is 15.4. The molecule has 0 fully saturated rings. The van der Waals surface area contributed by atoms with E-state index in [1.165, 1.54) is 53.9 Å². The van der Waals surface area contributed by atoms with Crippen LogP contribution in [0.15, 0.2) is 29.2 Å². The molecule has 0 saturated carbocycles. The van der Waals surface area contributed by atoms with Crippen molar-refractivity contribution >= 4 is 38.2 Å². The van der Waals surface area contributed by atoms with Crippen LogP contribution in [-0.4, -0.2) is 48.2 Å². The predicted octanol–water partition coefficient (Wildman–Crippen LogP) is 2.34. The SMILES string of the molecule is CCc1nnc(NC(=O)CCCN(C)S(=O)(=O)c2ccc(C(C)=O)cc2)s1. The quantitative estimate of drug-likeness (QED) is 0.636. The van der Waals surface area contributed by atoms with E-state index in [0.717, 1.165) is 11.4 Å². The van der Waals surface area contributed by atoms with Gasteiger partial charge in [0, 0.05) is 25.6 Å². The molecule has 0 aliphatic carbocycles. The van der Waals surface area contributed by atoms with E-state index in [0.29, 0.717) is 17.1 Å². The van der Waals surface area contributed by atoms with Crippen LogP contribution in [0.25, 0.3) is 0 Å². The third-order valence-corrected chi connectivity index (χ3v) is 6.72. The summed E-state index contributed by atoms with van der Waals surface area (Å²) in [6, 6.07) is 5.80. The molecule has 1 amide bonds. The summed E-state index contributed by atoms with van der Waals surface area (Å²) < 4.78 is 26.3. The highest BCUT2D eigenvalue weighted by Gasteiger charge is 2.21. The molecule has 0 aliphatic rings. The predicted molar refractivity (Wildman–Crippen MR) is 103 cm³/mol. The van der Waals surface area contributed by atoms with E-state index >= 15 is 0 Å². The van der Waals surface area contributed by atoms with Gasteiger partial charge in [-0.1, -0.05) is 30.4 Å². The molecule has 0 radical (unpaired) electrons. The summed E-state index contributed by atoms with van der Waals surface area (Å²) in [4.78, 5) is 23.3. The number of nitrogens with zero attached hydrogens (tertiary/aromatic N) is 3. The Morgan fingerprint density at radius 2 is 1.85 bits per heavy atom. The van der Waals surface area contributed by atoms with E-state index in [9.17, 15) is 18.0 Å². The van der Waals surface area contributed by atoms with Crippen molar-refractivity contribution < 1.29 is 18.0 Å². The fourth-order valence-corrected chi connectivity index (χ4v) is 4.16. The summed E-state index contributed by atoms with van der Waals surface area (Å²) in [6.45, 7) is 3.57. The maximum atomic E-state index is 12.5. The number of hydrogen-bond donors (Lipinski definition) is 1. The number of nitrogens with one attached hydrogen (secondary N) is 1. The molecule has 0 unspecified atom stereocenters. The minimum absolute atomic E-state index is 0.111. The lowest BCUT2D eigenvalue weighted by atomic mass is 10.2. The molecule has 1 heterocycles. The number of ketones is 1. The summed E-state index contributed by atoms with van der Waals surface area (Å²) in [5.41, 5.74) is 0.455. The van der Waals surface area contributed by atoms with Crippen LogP contribution in [0.3, 0.4) is 0 Å². The summed E-state index contributed by atoms with van der Waals surface area (Å²) in [5.74, 6) is -0.356. The molecule has 27 heavy (non-hydrogen) atoms. The number of aromatic nitrogens is 2. The van der Waals surface area contributed by atoms with Crippen LogP contribution in [-0.2, 0) is 21.2 Å². The lowest BCUT2D eigenvalue weighted by Gasteiger charge is -2.17. The fraction of sp³-hybridized carbons (Fsp3) is 0.412. The smallest absolute Gasteiger partial charge is 0.242 e. The Hall–Kier alpha value is -2.17. The van der Waals surface area contributed by atoms with Gasteiger partial charge >= 0.3 is 0 Å². The Labute approximate surface area is 162 Å². The molecule has 146 valence electrons. The lowest BCUT2D eigenvalue weighted by Crippen LogP contribution is -2.28. The van der Waals surface area contributed by atoms with Gasteiger partial charge in [0.1, 0.15) is 5.01 Å². The molecule has 1 aromatic carbocycles. The van der Waals surface area contributed by atoms with Gasteiger partial charge in [0.25, 0.3) is 0 Å². The molecule has 1 N–H and O–H groups in total. The third kappa shape index (κ3) is 5.65. The summed E-state index contributed by atoms with van der Waals surface area (Å²) >= 11 is 1.32. The van der Waals surface area contributed by atoms with Gasteiger partial charge in [-0.25, -0.2) is 12.7 Å². The monoisotopic (exact) mass is 410 g/mol. The molecule has 2 rings (SSSR count). The van der Waals surface area contributed by atoms with E-state index in [4.69, 9.17) is 0 Å². The van der Waals surface area contributed by atoms with E-state index in [2.05, 4.69) is 15.5 Å². The topological polar surface area (TPSA) is 109 Å². The minimum atomic E-state index is -3.67. The van der Waals surface area contributed by atoms with Crippen molar-refractivity contribution in [3.63, 3.8) is 0 Å². The van der Waals surface area contributed by atoms with Gasteiger partial charge in [-0.15, -0.1) is 10.2 Å². The van der Waals surface area contributed by atoms with Gasteiger partial charge in [-0.3, -0.25) is 9.59 Å². The molecular weight excluding hydrogens is 388 g/mol. The number of benzene rings is 1. The van der Waals surface area contributed by atoms with Crippen molar-refractivity contribution in [1.29, 1.82) is 0 Å². The molecule has 1 aromatic heterocycles. The van der Waals surface area contributed by atoms with E-state index < -0.39 is 10.0 Å². The van der Waals surface area contributed by atoms with E-state index in [1.807, 2.05) is 6.92 Å². The Morgan fingerprint density at radius 1 is 1.19 bits per heavy atom. The number of carbonyl (C=O) groups excluding carboxylic acids is 2. The van der Waals surface area contributed by atoms with Gasteiger partial charge in [-0.05, 0) is 31.9 Å². The second kappa shape index (κ2) is 9.16. The lowest BCUT2D eigenvalue weighted by molar-refractivity contribution is -0.116. The van der Waals surface area contributed by atoms with Crippen LogP contribution in [0.2, 0.25) is 0 Å². The maximum absolute atomic E-state index is 12.5. The Balaban J connectivity index is 1.87. The average Bonchev–Trinajstić information content (AvgIpc) is 3.09. The standard InChI is InChI=1S/C17H22N4O4S2/c1-4-16-19-20-17(26-16)18-15(23)6-5-11-21(3)27(24,25)14-9-7-13(8-10-14)12(2)22/h7-10H,4-6,11H2,1-3H3,(H,18,20,23). The first-order chi connectivity index (χ1) is 12.7. The molecule has 0 atom stereocenters. The number of rotatable bonds is 9. The summed E-state index contributed by atoms with van der Waals surface area (Å²) in [6.07, 6.45) is 1.29. The van der Waals surface area contributed by atoms with Gasteiger partial charge < -0.3 is 5.32 Å². The molecule has 0 bridgehead atoms. The molecule has 0 aliphatic heterocycles. The van der Waals surface area contributed by atoms with Crippen LogP contribution in [0.1, 0.15) is 42.1 Å². The maximum Gasteiger partial charge on any atom is 0.242 e. The van der Waals surface area contributed by atoms with Crippen LogP contribution >= 0.6 is 11.3 Å². The van der Waals surface area contributed by atoms with Crippen LogP contribution < -0.4 is 5.32 Å². The number of sulfonamides is 1. The zero-order valence-corrected chi connectivity index (χ0v) is 17.1.